The number of nitrogens with zero attached hydrogens (tertiary/aromatic N) is 5. The van der Waals surface area contributed by atoms with E-state index in [0.29, 0.717) is 50.8 Å². The van der Waals surface area contributed by atoms with E-state index < -0.39 is 23.5 Å². The molecule has 0 bridgehead atoms. The number of hydrogen-bond acceptors (Lipinski definition) is 9. The molecule has 0 saturated carbocycles. The minimum Gasteiger partial charge on any atom is -0.378 e. The van der Waals surface area contributed by atoms with E-state index in [0.717, 1.165) is 31.2 Å². The van der Waals surface area contributed by atoms with Gasteiger partial charge in [-0.05, 0) is 43.2 Å². The Kier molecular flexibility index (Phi) is 7.63. The van der Waals surface area contributed by atoms with Crippen LogP contribution in [0.25, 0.3) is 0 Å². The summed E-state index contributed by atoms with van der Waals surface area (Å²) in [5.74, 6) is -1.12. The van der Waals surface area contributed by atoms with E-state index in [1.807, 2.05) is 4.90 Å². The SMILES string of the molecule is O=C(NNc1ncc(F)c(N2CCOCC2)n1)c1ccc(Nc2cc(N3CCCC3)cc(C(F)(F)F)c2)cn1. The second-order valence-electron chi connectivity index (χ2n) is 9.06. The fourth-order valence-electron chi connectivity index (χ4n) is 4.37. The molecule has 0 aliphatic carbocycles. The molecule has 0 radical (unpaired) electrons. The minimum absolute atomic E-state index is 0.0112. The molecule has 2 fully saturated rings. The van der Waals surface area contributed by atoms with Gasteiger partial charge in [-0.2, -0.15) is 18.2 Å². The van der Waals surface area contributed by atoms with Crippen LogP contribution in [0.4, 0.5) is 46.4 Å². The average Bonchev–Trinajstić information content (AvgIpc) is 3.48. The summed E-state index contributed by atoms with van der Waals surface area (Å²) < 4.78 is 60.0. The van der Waals surface area contributed by atoms with Gasteiger partial charge in [-0.1, -0.05) is 0 Å². The van der Waals surface area contributed by atoms with E-state index in [9.17, 15) is 22.4 Å². The van der Waals surface area contributed by atoms with Crippen molar-refractivity contribution in [3.63, 3.8) is 0 Å². The highest BCUT2D eigenvalue weighted by Crippen LogP contribution is 2.36. The Morgan fingerprint density at radius 2 is 1.69 bits per heavy atom. The van der Waals surface area contributed by atoms with Crippen LogP contribution in [0.3, 0.4) is 0 Å². The second-order valence-corrected chi connectivity index (χ2v) is 9.06. The molecule has 1 amide bonds. The molecular weight excluding hydrogens is 520 g/mol. The van der Waals surface area contributed by atoms with Crippen molar-refractivity contribution in [1.29, 1.82) is 0 Å². The van der Waals surface area contributed by atoms with Crippen LogP contribution in [0, 0.1) is 5.82 Å². The molecule has 39 heavy (non-hydrogen) atoms. The number of halogens is 4. The molecule has 206 valence electrons. The molecule has 0 atom stereocenters. The zero-order valence-electron chi connectivity index (χ0n) is 20.8. The van der Waals surface area contributed by atoms with Crippen molar-refractivity contribution >= 4 is 34.7 Å². The summed E-state index contributed by atoms with van der Waals surface area (Å²) in [4.78, 5) is 28.2. The van der Waals surface area contributed by atoms with Gasteiger partial charge in [-0.15, -0.1) is 0 Å². The van der Waals surface area contributed by atoms with Crippen molar-refractivity contribution in [2.24, 2.45) is 0 Å². The minimum atomic E-state index is -4.49. The number of hydrogen-bond donors (Lipinski definition) is 3. The first-order valence-corrected chi connectivity index (χ1v) is 12.4. The number of amides is 1. The van der Waals surface area contributed by atoms with Crippen LogP contribution >= 0.6 is 0 Å². The summed E-state index contributed by atoms with van der Waals surface area (Å²) in [5.41, 5.74) is 5.40. The summed E-state index contributed by atoms with van der Waals surface area (Å²) >= 11 is 0. The van der Waals surface area contributed by atoms with E-state index in [-0.39, 0.29) is 23.1 Å². The summed E-state index contributed by atoms with van der Waals surface area (Å²) in [6, 6.07) is 6.81. The summed E-state index contributed by atoms with van der Waals surface area (Å²) in [7, 11) is 0. The Morgan fingerprint density at radius 3 is 2.38 bits per heavy atom. The van der Waals surface area contributed by atoms with Crippen molar-refractivity contribution in [3.05, 3.63) is 59.8 Å². The van der Waals surface area contributed by atoms with E-state index in [1.165, 1.54) is 18.3 Å². The monoisotopic (exact) mass is 546 g/mol. The third-order valence-electron chi connectivity index (χ3n) is 6.33. The molecular formula is C25H26F4N8O2. The van der Waals surface area contributed by atoms with Gasteiger partial charge in [-0.25, -0.2) is 14.4 Å². The van der Waals surface area contributed by atoms with Gasteiger partial charge >= 0.3 is 6.18 Å². The number of alkyl halides is 3. The van der Waals surface area contributed by atoms with Gasteiger partial charge < -0.3 is 19.9 Å². The van der Waals surface area contributed by atoms with Crippen LogP contribution in [-0.4, -0.2) is 60.3 Å². The Labute approximate surface area is 221 Å². The molecule has 2 aromatic heterocycles. The summed E-state index contributed by atoms with van der Waals surface area (Å²) in [6.07, 6.45) is -0.270. The molecule has 5 rings (SSSR count). The zero-order chi connectivity index (χ0) is 27.4. The fourth-order valence-corrected chi connectivity index (χ4v) is 4.37. The summed E-state index contributed by atoms with van der Waals surface area (Å²) in [6.45, 7) is 3.27. The third kappa shape index (κ3) is 6.45. The third-order valence-corrected chi connectivity index (χ3v) is 6.33. The molecule has 2 aliphatic rings. The lowest BCUT2D eigenvalue weighted by atomic mass is 10.1. The predicted molar refractivity (Wildman–Crippen MR) is 137 cm³/mol. The lowest BCUT2D eigenvalue weighted by molar-refractivity contribution is -0.137. The van der Waals surface area contributed by atoms with Crippen LogP contribution in [0.5, 0.6) is 0 Å². The fraction of sp³-hybridized carbons (Fsp3) is 0.360. The highest BCUT2D eigenvalue weighted by atomic mass is 19.4. The number of rotatable bonds is 7. The van der Waals surface area contributed by atoms with Crippen LogP contribution in [0.1, 0.15) is 28.9 Å². The Balaban J connectivity index is 1.23. The van der Waals surface area contributed by atoms with Crippen molar-refractivity contribution in [2.45, 2.75) is 19.0 Å². The van der Waals surface area contributed by atoms with Gasteiger partial charge in [0.05, 0.1) is 36.9 Å². The number of pyridine rings is 1. The normalized spacial score (nSPS) is 15.8. The van der Waals surface area contributed by atoms with E-state index in [4.69, 9.17) is 4.74 Å². The van der Waals surface area contributed by atoms with Gasteiger partial charge in [-0.3, -0.25) is 15.6 Å². The summed E-state index contributed by atoms with van der Waals surface area (Å²) in [5, 5.41) is 2.94. The number of carbonyl (C=O) groups excluding carboxylic acids is 1. The molecule has 2 aliphatic heterocycles. The standard InChI is InChI=1S/C25H26F4N8O2/c26-20-15-31-24(33-22(20)37-7-9-39-10-8-37)35-34-23(38)21-4-3-17(14-30-21)32-18-11-16(25(27,28)29)12-19(13-18)36-5-1-2-6-36/h3-4,11-15,32H,1-2,5-10H2,(H,34,38)(H,31,33,35). The van der Waals surface area contributed by atoms with Crippen LogP contribution < -0.4 is 26.0 Å². The molecule has 14 heteroatoms. The number of benzene rings is 1. The van der Waals surface area contributed by atoms with Crippen LogP contribution in [-0.2, 0) is 10.9 Å². The maximum Gasteiger partial charge on any atom is 0.416 e. The molecule has 3 N–H and O–H groups in total. The van der Waals surface area contributed by atoms with Crippen molar-refractivity contribution < 1.29 is 27.1 Å². The quantitative estimate of drug-likeness (QED) is 0.300. The number of nitrogens with one attached hydrogen (secondary N) is 3. The molecule has 4 heterocycles. The molecule has 1 aromatic carbocycles. The van der Waals surface area contributed by atoms with E-state index >= 15 is 0 Å². The maximum atomic E-state index is 14.2. The van der Waals surface area contributed by atoms with Gasteiger partial charge in [0.1, 0.15) is 5.69 Å². The predicted octanol–water partition coefficient (Wildman–Crippen LogP) is 3.97. The smallest absolute Gasteiger partial charge is 0.378 e. The van der Waals surface area contributed by atoms with Crippen LogP contribution in [0.15, 0.2) is 42.7 Å². The van der Waals surface area contributed by atoms with Crippen molar-refractivity contribution in [1.82, 2.24) is 20.4 Å². The van der Waals surface area contributed by atoms with Crippen LogP contribution in [0.2, 0.25) is 0 Å². The van der Waals surface area contributed by atoms with Gasteiger partial charge in [0.2, 0.25) is 5.95 Å². The number of aromatic nitrogens is 3. The van der Waals surface area contributed by atoms with Gasteiger partial charge in [0.15, 0.2) is 11.6 Å². The lowest BCUT2D eigenvalue weighted by Gasteiger charge is -2.28. The highest BCUT2D eigenvalue weighted by Gasteiger charge is 2.32. The number of anilines is 5. The van der Waals surface area contributed by atoms with Gasteiger partial charge in [0, 0.05) is 37.6 Å². The second kappa shape index (κ2) is 11.3. The van der Waals surface area contributed by atoms with E-state index in [2.05, 4.69) is 31.1 Å². The lowest BCUT2D eigenvalue weighted by Crippen LogP contribution is -2.38. The number of morpholine rings is 1. The molecule has 2 saturated heterocycles. The molecule has 0 spiro atoms. The maximum absolute atomic E-state index is 14.2. The Hall–Kier alpha value is -4.20. The Bertz CT molecular complexity index is 1310. The number of ether oxygens (including phenoxy) is 1. The molecule has 0 unspecified atom stereocenters. The topological polar surface area (TPSA) is 108 Å². The largest absolute Gasteiger partial charge is 0.416 e. The first-order chi connectivity index (χ1) is 18.8. The van der Waals surface area contributed by atoms with Crippen molar-refractivity contribution in [2.75, 3.05) is 59.9 Å². The number of hydrazine groups is 1. The zero-order valence-corrected chi connectivity index (χ0v) is 20.8. The number of carbonyl (C=O) groups is 1. The first-order valence-electron chi connectivity index (χ1n) is 12.4. The van der Waals surface area contributed by atoms with E-state index in [1.54, 1.807) is 11.0 Å². The Morgan fingerprint density at radius 1 is 0.923 bits per heavy atom. The van der Waals surface area contributed by atoms with Gasteiger partial charge in [0.25, 0.3) is 5.91 Å². The average molecular weight is 547 g/mol. The molecule has 10 nitrogen and oxygen atoms in total. The van der Waals surface area contributed by atoms with Crippen molar-refractivity contribution in [3.8, 4) is 0 Å². The molecule has 3 aromatic rings. The first kappa shape index (κ1) is 26.4. The highest BCUT2D eigenvalue weighted by molar-refractivity contribution is 5.93.